The number of ether oxygens (including phenoxy) is 1. The van der Waals surface area contributed by atoms with E-state index in [1.54, 1.807) is 0 Å². The van der Waals surface area contributed by atoms with Crippen molar-refractivity contribution in [3.8, 4) is 0 Å². The van der Waals surface area contributed by atoms with Gasteiger partial charge in [-0.25, -0.2) is 0 Å². The van der Waals surface area contributed by atoms with Crippen molar-refractivity contribution in [1.82, 2.24) is 4.90 Å². The molecule has 4 unspecified atom stereocenters. The Labute approximate surface area is 79.2 Å². The first kappa shape index (κ1) is 8.21. The smallest absolute Gasteiger partial charge is 0.0789 e. The largest absolute Gasteiger partial charge is 0.376 e. The van der Waals surface area contributed by atoms with Crippen molar-refractivity contribution in [3.05, 3.63) is 0 Å². The molecule has 1 aliphatic carbocycles. The van der Waals surface area contributed by atoms with E-state index in [9.17, 15) is 0 Å². The summed E-state index contributed by atoms with van der Waals surface area (Å²) in [4.78, 5) is 2.54. The fraction of sp³-hybridized carbons (Fsp3) is 1.00. The molecule has 3 aliphatic rings. The Morgan fingerprint density at radius 2 is 2.00 bits per heavy atom. The highest BCUT2D eigenvalue weighted by Gasteiger charge is 2.54. The first-order chi connectivity index (χ1) is 6.38. The van der Waals surface area contributed by atoms with E-state index in [-0.39, 0.29) is 0 Å². The predicted molar refractivity (Wildman–Crippen MR) is 50.4 cm³/mol. The van der Waals surface area contributed by atoms with Crippen LogP contribution in [0.1, 0.15) is 19.3 Å². The van der Waals surface area contributed by atoms with Crippen LogP contribution in [0.5, 0.6) is 0 Å². The summed E-state index contributed by atoms with van der Waals surface area (Å²) in [6, 6.07) is 0.945. The number of hydrogen-bond acceptors (Lipinski definition) is 3. The highest BCUT2D eigenvalue weighted by molar-refractivity contribution is 5.09. The average molecular weight is 182 g/mol. The summed E-state index contributed by atoms with van der Waals surface area (Å²) in [6.45, 7) is 3.42. The van der Waals surface area contributed by atoms with Gasteiger partial charge in [-0.1, -0.05) is 0 Å². The van der Waals surface area contributed by atoms with Gasteiger partial charge in [0.25, 0.3) is 0 Å². The van der Waals surface area contributed by atoms with Crippen LogP contribution in [0.3, 0.4) is 0 Å². The third-order valence-electron chi connectivity index (χ3n) is 3.97. The molecule has 1 saturated carbocycles. The van der Waals surface area contributed by atoms with Gasteiger partial charge >= 0.3 is 0 Å². The second-order valence-electron chi connectivity index (χ2n) is 4.60. The van der Waals surface area contributed by atoms with Crippen LogP contribution in [-0.4, -0.2) is 42.8 Å². The monoisotopic (exact) mass is 182 g/mol. The lowest BCUT2D eigenvalue weighted by atomic mass is 9.71. The molecule has 4 atom stereocenters. The lowest BCUT2D eigenvalue weighted by Gasteiger charge is -2.49. The SMILES string of the molecule is NC1C2CCOC2C1N1CCCC1. The molecule has 3 nitrogen and oxygen atoms in total. The molecule has 0 aromatic rings. The number of rotatable bonds is 1. The Kier molecular flexibility index (Phi) is 1.86. The van der Waals surface area contributed by atoms with Gasteiger partial charge in [0, 0.05) is 18.6 Å². The van der Waals surface area contributed by atoms with Crippen molar-refractivity contribution < 1.29 is 4.74 Å². The van der Waals surface area contributed by atoms with Crippen LogP contribution in [0.15, 0.2) is 0 Å². The van der Waals surface area contributed by atoms with Crippen LogP contribution in [0, 0.1) is 5.92 Å². The first-order valence-corrected chi connectivity index (χ1v) is 5.49. The lowest BCUT2D eigenvalue weighted by molar-refractivity contribution is -0.0664. The molecule has 2 heterocycles. The molecule has 3 fully saturated rings. The maximum atomic E-state index is 6.17. The van der Waals surface area contributed by atoms with Gasteiger partial charge in [-0.15, -0.1) is 0 Å². The fourth-order valence-electron chi connectivity index (χ4n) is 3.21. The zero-order chi connectivity index (χ0) is 8.84. The van der Waals surface area contributed by atoms with E-state index >= 15 is 0 Å². The van der Waals surface area contributed by atoms with Crippen LogP contribution >= 0.6 is 0 Å². The zero-order valence-corrected chi connectivity index (χ0v) is 7.98. The van der Waals surface area contributed by atoms with Gasteiger partial charge in [-0.05, 0) is 32.4 Å². The topological polar surface area (TPSA) is 38.5 Å². The minimum atomic E-state index is 0.394. The van der Waals surface area contributed by atoms with E-state index in [2.05, 4.69) is 4.90 Å². The second kappa shape index (κ2) is 2.94. The van der Waals surface area contributed by atoms with Crippen molar-refractivity contribution in [2.45, 2.75) is 37.5 Å². The Morgan fingerprint density at radius 1 is 1.23 bits per heavy atom. The minimum absolute atomic E-state index is 0.394. The van der Waals surface area contributed by atoms with Crippen molar-refractivity contribution in [2.24, 2.45) is 11.7 Å². The van der Waals surface area contributed by atoms with Crippen molar-refractivity contribution in [3.63, 3.8) is 0 Å². The van der Waals surface area contributed by atoms with E-state index in [1.165, 1.54) is 32.4 Å². The van der Waals surface area contributed by atoms with Crippen LogP contribution in [0.25, 0.3) is 0 Å². The second-order valence-corrected chi connectivity index (χ2v) is 4.60. The Morgan fingerprint density at radius 3 is 2.77 bits per heavy atom. The van der Waals surface area contributed by atoms with Crippen LogP contribution < -0.4 is 5.73 Å². The molecular formula is C10H18N2O. The van der Waals surface area contributed by atoms with E-state index in [4.69, 9.17) is 10.5 Å². The molecule has 13 heavy (non-hydrogen) atoms. The van der Waals surface area contributed by atoms with Gasteiger partial charge in [0.15, 0.2) is 0 Å². The van der Waals surface area contributed by atoms with Crippen LogP contribution in [-0.2, 0) is 4.74 Å². The average Bonchev–Trinajstić information content (AvgIpc) is 2.73. The Balaban J connectivity index is 1.70. The van der Waals surface area contributed by atoms with Gasteiger partial charge in [0.05, 0.1) is 12.1 Å². The summed E-state index contributed by atoms with van der Waals surface area (Å²) >= 11 is 0. The quantitative estimate of drug-likeness (QED) is 0.629. The molecule has 2 aliphatic heterocycles. The molecule has 2 saturated heterocycles. The zero-order valence-electron chi connectivity index (χ0n) is 7.98. The molecule has 0 radical (unpaired) electrons. The molecule has 0 spiro atoms. The van der Waals surface area contributed by atoms with Gasteiger partial charge < -0.3 is 10.5 Å². The van der Waals surface area contributed by atoms with Crippen molar-refractivity contribution >= 4 is 0 Å². The molecule has 0 amide bonds. The molecule has 3 heteroatoms. The van der Waals surface area contributed by atoms with Crippen molar-refractivity contribution in [2.75, 3.05) is 19.7 Å². The summed E-state index contributed by atoms with van der Waals surface area (Å²) in [5.74, 6) is 0.672. The minimum Gasteiger partial charge on any atom is -0.376 e. The molecule has 0 bridgehead atoms. The molecule has 0 aromatic heterocycles. The number of hydrogen-bond donors (Lipinski definition) is 1. The maximum absolute atomic E-state index is 6.17. The third kappa shape index (κ3) is 1.07. The number of nitrogens with zero attached hydrogens (tertiary/aromatic N) is 1. The van der Waals surface area contributed by atoms with E-state index in [1.807, 2.05) is 0 Å². The lowest BCUT2D eigenvalue weighted by Crippen LogP contribution is -2.68. The van der Waals surface area contributed by atoms with Crippen LogP contribution in [0.2, 0.25) is 0 Å². The van der Waals surface area contributed by atoms with Gasteiger partial charge in [-0.3, -0.25) is 4.90 Å². The Hall–Kier alpha value is -0.120. The van der Waals surface area contributed by atoms with E-state index in [0.717, 1.165) is 6.61 Å². The highest BCUT2D eigenvalue weighted by atomic mass is 16.5. The first-order valence-electron chi connectivity index (χ1n) is 5.49. The van der Waals surface area contributed by atoms with Gasteiger partial charge in [0.2, 0.25) is 0 Å². The normalized spacial score (nSPS) is 50.5. The molecule has 0 aromatic carbocycles. The van der Waals surface area contributed by atoms with Gasteiger partial charge in [-0.2, -0.15) is 0 Å². The Bertz CT molecular complexity index is 198. The summed E-state index contributed by atoms with van der Waals surface area (Å²) in [7, 11) is 0. The van der Waals surface area contributed by atoms with Gasteiger partial charge in [0.1, 0.15) is 0 Å². The molecular weight excluding hydrogens is 164 g/mol. The number of nitrogens with two attached hydrogens (primary N) is 1. The maximum Gasteiger partial charge on any atom is 0.0789 e. The highest BCUT2D eigenvalue weighted by Crippen LogP contribution is 2.41. The summed E-state index contributed by atoms with van der Waals surface area (Å²) in [5.41, 5.74) is 6.17. The summed E-state index contributed by atoms with van der Waals surface area (Å²) < 4.78 is 5.73. The number of likely N-dealkylation sites (tertiary alicyclic amines) is 1. The molecule has 3 rings (SSSR count). The fourth-order valence-corrected chi connectivity index (χ4v) is 3.21. The predicted octanol–water partition coefficient (Wildman–Crippen LogP) is 0.197. The van der Waals surface area contributed by atoms with E-state index < -0.39 is 0 Å². The summed E-state index contributed by atoms with van der Waals surface area (Å²) in [6.07, 6.45) is 4.37. The molecule has 74 valence electrons. The van der Waals surface area contributed by atoms with Crippen LogP contribution in [0.4, 0.5) is 0 Å². The standard InChI is InChI=1S/C10H18N2O/c11-8-7-3-6-13-10(7)9(8)12-4-1-2-5-12/h7-10H,1-6,11H2. The summed E-state index contributed by atoms with van der Waals surface area (Å²) in [5, 5.41) is 0. The van der Waals surface area contributed by atoms with E-state index in [0.29, 0.717) is 24.1 Å². The van der Waals surface area contributed by atoms with Crippen molar-refractivity contribution in [1.29, 1.82) is 0 Å². The molecule has 2 N–H and O–H groups in total. The number of fused-ring (bicyclic) bond motifs is 1. The third-order valence-corrected chi connectivity index (χ3v) is 3.97.